The van der Waals surface area contributed by atoms with E-state index in [9.17, 15) is 53.1 Å². The predicted octanol–water partition coefficient (Wildman–Crippen LogP) is 15.1. The van der Waals surface area contributed by atoms with Gasteiger partial charge in [-0.05, 0) is 144 Å². The molecule has 4 aliphatic rings. The molecule has 570 valence electrons. The van der Waals surface area contributed by atoms with Gasteiger partial charge in [0, 0.05) is 125 Å². The summed E-state index contributed by atoms with van der Waals surface area (Å²) in [6.45, 7) is 23.2. The quantitative estimate of drug-likeness (QED) is 0.0517. The second-order valence-electron chi connectivity index (χ2n) is 27.4. The van der Waals surface area contributed by atoms with Crippen molar-refractivity contribution in [2.24, 2.45) is 22.3 Å². The van der Waals surface area contributed by atoms with Crippen molar-refractivity contribution in [1.82, 2.24) is 64.2 Å². The minimum absolute atomic E-state index is 0.00771. The van der Waals surface area contributed by atoms with Gasteiger partial charge in [-0.15, -0.1) is 19.1 Å². The molecule has 0 spiro atoms. The third-order valence-electron chi connectivity index (χ3n) is 17.8. The molecule has 3 amide bonds. The van der Waals surface area contributed by atoms with Crippen LogP contribution in [0.25, 0.3) is 33.5 Å². The van der Waals surface area contributed by atoms with Crippen molar-refractivity contribution in [3.05, 3.63) is 167 Å². The first-order chi connectivity index (χ1) is 48.9. The van der Waals surface area contributed by atoms with Gasteiger partial charge in [-0.1, -0.05) is 83.1 Å². The van der Waals surface area contributed by atoms with Gasteiger partial charge in [0.2, 0.25) is 23.6 Å². The first-order valence-corrected chi connectivity index (χ1v) is 37.5. The number of rotatable bonds is 16. The molecular formula is C72H93F8N15O8P2. The van der Waals surface area contributed by atoms with Gasteiger partial charge < -0.3 is 36.3 Å². The van der Waals surface area contributed by atoms with Crippen LogP contribution in [0.1, 0.15) is 143 Å². The number of halogens is 8. The summed E-state index contributed by atoms with van der Waals surface area (Å²) in [7, 11) is -0.761. The van der Waals surface area contributed by atoms with Crippen LogP contribution in [0, 0.1) is 22.5 Å². The van der Waals surface area contributed by atoms with Crippen LogP contribution >= 0.6 is 15.8 Å². The minimum atomic E-state index is -10.7. The molecule has 4 aliphatic heterocycles. The molecule has 9 heterocycles. The zero-order chi connectivity index (χ0) is 78.0. The molecule has 0 unspecified atom stereocenters. The van der Waals surface area contributed by atoms with Crippen LogP contribution in [-0.4, -0.2) is 175 Å². The van der Waals surface area contributed by atoms with Gasteiger partial charge in [0.15, 0.2) is 23.1 Å². The van der Waals surface area contributed by atoms with E-state index in [1.54, 1.807) is 99.5 Å². The van der Waals surface area contributed by atoms with Crippen molar-refractivity contribution in [3.63, 3.8) is 0 Å². The molecule has 6 N–H and O–H groups in total. The maximum absolute atomic E-state index is 14.7. The Bertz CT molecular complexity index is 4310. The molecule has 2 atom stereocenters. The van der Waals surface area contributed by atoms with E-state index in [-0.39, 0.29) is 34.9 Å². The van der Waals surface area contributed by atoms with Gasteiger partial charge in [0.05, 0.1) is 22.2 Å². The number of ether oxygens (including phenoxy) is 2. The number of para-hydroxylation sites is 3. The number of primary amides is 2. The number of pyridine rings is 4. The number of aromatic nitrogens is 7. The molecule has 2 fully saturated rings. The summed E-state index contributed by atoms with van der Waals surface area (Å²) in [5.74, 6) is -4.01. The molecule has 2 saturated heterocycles. The van der Waals surface area contributed by atoms with E-state index < -0.39 is 67.8 Å². The van der Waals surface area contributed by atoms with E-state index in [2.05, 4.69) is 89.1 Å². The van der Waals surface area contributed by atoms with Crippen LogP contribution in [0.4, 0.5) is 34.0 Å². The van der Waals surface area contributed by atoms with E-state index >= 15 is 0 Å². The summed E-state index contributed by atoms with van der Waals surface area (Å²) in [6.07, 6.45) is 7.79. The number of benzene rings is 3. The number of carbonyl (C=O) groups excluding carboxylic acids is 3. The normalized spacial score (nSPS) is 16.0. The molecule has 8 aromatic rings. The summed E-state index contributed by atoms with van der Waals surface area (Å²) < 4.78 is 113. The molecule has 33 heteroatoms. The Kier molecular flexibility index (Phi) is 26.4. The average molecular weight is 1510 g/mol. The van der Waals surface area contributed by atoms with E-state index in [4.69, 9.17) is 30.7 Å². The first-order valence-electron chi connectivity index (χ1n) is 33.9. The summed E-state index contributed by atoms with van der Waals surface area (Å²) in [5, 5.41) is 20.5. The third kappa shape index (κ3) is 21.0. The summed E-state index contributed by atoms with van der Waals surface area (Å²) in [6, 6.07) is 31.8. The van der Waals surface area contributed by atoms with E-state index in [1.807, 2.05) is 72.6 Å². The van der Waals surface area contributed by atoms with Crippen LogP contribution in [0.3, 0.4) is 0 Å². The van der Waals surface area contributed by atoms with Gasteiger partial charge in [0.1, 0.15) is 22.4 Å². The number of carbonyl (C=O) groups is 4. The topological polar surface area (TPSA) is 279 Å². The molecule has 0 bridgehead atoms. The molecule has 105 heavy (non-hydrogen) atoms. The first kappa shape index (κ1) is 83.3. The van der Waals surface area contributed by atoms with Crippen molar-refractivity contribution in [2.45, 2.75) is 112 Å². The summed E-state index contributed by atoms with van der Waals surface area (Å²) in [4.78, 5) is 71.2. The number of nitrogens with zero attached hydrogens (tertiary/aromatic N) is 12. The fourth-order valence-corrected chi connectivity index (χ4v) is 15.5. The van der Waals surface area contributed by atoms with Crippen molar-refractivity contribution >= 4 is 50.5 Å². The van der Waals surface area contributed by atoms with Gasteiger partial charge in [0.25, 0.3) is 5.91 Å². The molecule has 5 aromatic heterocycles. The number of hydrogen-bond donors (Lipinski definition) is 4. The Morgan fingerprint density at radius 1 is 0.619 bits per heavy atom. The third-order valence-corrected chi connectivity index (χ3v) is 21.3. The number of amides is 3. The number of fused-ring (bicyclic) bond motifs is 5. The Morgan fingerprint density at radius 3 is 1.40 bits per heavy atom. The molecular weight excluding hydrogens is 1420 g/mol. The fraction of sp³-hybridized carbons (Fsp3) is 0.417. The summed E-state index contributed by atoms with van der Waals surface area (Å²) >= 11 is 0. The Hall–Kier alpha value is -8.96. The SMILES string of the molecule is C1CCNC1.CC(C)(C(N)=O)[C@@H]1c2ccc(-c3ccc(C(=O)N4CCCC4)nc3)nc2Oc2c(F)cccc21.CC(C)(C(N)=O)[C@@H]1c2ccc(-c3ccc(C(=O)O)nc3)nc2Oc2c(F)cccc21.CCN(C(C)C)C(C)C.CN(C)[P+](On1nnc2ccccc21)(N(C)C)N(C)C.F[P-](F)(F)(F)(F)F. The number of nitrogens with two attached hydrogens (primary N) is 2. The molecule has 0 saturated carbocycles. The van der Waals surface area contributed by atoms with Gasteiger partial charge in [-0.2, -0.15) is 4.62 Å². The Balaban J connectivity index is 0.000000197. The van der Waals surface area contributed by atoms with Crippen LogP contribution in [0.5, 0.6) is 23.3 Å². The number of aromatic carboxylic acids is 1. The van der Waals surface area contributed by atoms with E-state index in [0.717, 1.165) is 43.5 Å². The summed E-state index contributed by atoms with van der Waals surface area (Å²) in [5.41, 5.74) is 15.9. The molecule has 12 rings (SSSR count). The van der Waals surface area contributed by atoms with Gasteiger partial charge in [-0.25, -0.2) is 28.5 Å². The van der Waals surface area contributed by atoms with Crippen molar-refractivity contribution in [1.29, 1.82) is 0 Å². The number of likely N-dealkylation sites (tertiary alicyclic amines) is 1. The average Bonchev–Trinajstić information content (AvgIpc) is 1.13. The van der Waals surface area contributed by atoms with Crippen molar-refractivity contribution in [3.8, 4) is 45.8 Å². The second-order valence-corrected chi connectivity index (χ2v) is 32.9. The van der Waals surface area contributed by atoms with Crippen LogP contribution in [0.2, 0.25) is 0 Å². The zero-order valence-corrected chi connectivity index (χ0v) is 63.3. The fourth-order valence-electron chi connectivity index (χ4n) is 12.6. The van der Waals surface area contributed by atoms with Crippen LogP contribution in [0.15, 0.2) is 122 Å². The standard InChI is InChI=1S/C26H25FN4O3.C22H18FN3O4.C12H22N6OP.C8H19N.C4H9N.F6P/c1-26(2,25(28)33)21-16-6-5-7-18(27)22(16)34-23-17(21)9-11-19(30-23)15-8-10-20(29-14-15)24(32)31-12-3-4-13-31;1-22(2,21(24)29)17-12-4-3-5-14(23)18(12)30-19-13(17)7-9-15(26-19)11-6-8-16(20(27)28)25-10-11;1-15(2)20(16(3)4,17(5)6)19-18-12-10-8-7-9-11(12)13-14-18;1-6-9(7(2)3)8(4)5;1-2-4-5-3-1;1-7(2,3,4,5)6/h5-11,14,21H,3-4,12-13H2,1-2H3,(H2,28,33);3-10,17H,1-2H3,(H2,24,29)(H,27,28);7-10H,1-6H3;7-8H,6H2,1-5H3;5H,1-4H2;/q;;+1;;;-1/t21-;17-;;;;/m00..../s1. The van der Waals surface area contributed by atoms with Gasteiger partial charge in [-0.3, -0.25) is 24.3 Å². The zero-order valence-electron chi connectivity index (χ0n) is 61.5. The number of carboxylic acids is 1. The predicted molar refractivity (Wildman–Crippen MR) is 390 cm³/mol. The van der Waals surface area contributed by atoms with E-state index in [0.29, 0.717) is 62.5 Å². The number of carboxylic acid groups (broad SMARTS) is 1. The molecule has 0 aliphatic carbocycles. The number of hydrogen-bond acceptors (Lipinski definition) is 18. The second kappa shape index (κ2) is 33.2. The Labute approximate surface area is 606 Å². The molecule has 0 radical (unpaired) electrons. The number of nitrogens with one attached hydrogen (secondary N) is 1. The van der Waals surface area contributed by atoms with Crippen molar-refractivity contribution < 1.29 is 72.3 Å². The molecule has 3 aromatic carbocycles. The van der Waals surface area contributed by atoms with Gasteiger partial charge >= 0.3 is 46.9 Å². The molecule has 23 nitrogen and oxygen atoms in total. The van der Waals surface area contributed by atoms with E-state index in [1.165, 1.54) is 55.2 Å². The van der Waals surface area contributed by atoms with Crippen LogP contribution in [-0.2, 0) is 9.59 Å². The Morgan fingerprint density at radius 2 is 1.05 bits per heavy atom. The monoisotopic (exact) mass is 1510 g/mol. The maximum atomic E-state index is 14.7. The van der Waals surface area contributed by atoms with Crippen LogP contribution < -0.4 is 30.9 Å². The van der Waals surface area contributed by atoms with Crippen molar-refractivity contribution in [2.75, 3.05) is 75.0 Å².